The summed E-state index contributed by atoms with van der Waals surface area (Å²) >= 11 is 0. The van der Waals surface area contributed by atoms with Gasteiger partial charge in [0.05, 0.1) is 11.4 Å². The summed E-state index contributed by atoms with van der Waals surface area (Å²) in [7, 11) is -3.20. The van der Waals surface area contributed by atoms with Crippen molar-refractivity contribution < 1.29 is 8.42 Å². The van der Waals surface area contributed by atoms with Crippen molar-refractivity contribution in [2.75, 3.05) is 19.3 Å². The number of sulfone groups is 1. The smallest absolute Gasteiger partial charge is 0.191 e. The third-order valence-electron chi connectivity index (χ3n) is 5.69. The molecule has 1 saturated carbocycles. The van der Waals surface area contributed by atoms with E-state index in [9.17, 15) is 8.42 Å². The normalized spacial score (nSPS) is 16.2. The molecule has 2 aromatic rings. The molecule has 0 bridgehead atoms. The summed E-state index contributed by atoms with van der Waals surface area (Å²) in [4.78, 5) is 5.10. The molecule has 0 atom stereocenters. The van der Waals surface area contributed by atoms with Crippen molar-refractivity contribution in [1.82, 2.24) is 10.6 Å². The lowest BCUT2D eigenvalue weighted by Crippen LogP contribution is -2.48. The summed E-state index contributed by atoms with van der Waals surface area (Å²) in [6.07, 6.45) is 4.88. The average Bonchev–Trinajstić information content (AvgIpc) is 2.65. The third-order valence-corrected chi connectivity index (χ3v) is 6.95. The molecule has 0 heterocycles. The van der Waals surface area contributed by atoms with Gasteiger partial charge < -0.3 is 10.6 Å². The number of nitrogens with zero attached hydrogens (tertiary/aromatic N) is 1. The van der Waals surface area contributed by atoms with Gasteiger partial charge in [0.2, 0.25) is 0 Å². The molecule has 0 aliphatic heterocycles. The van der Waals surface area contributed by atoms with Gasteiger partial charge in [-0.2, -0.15) is 0 Å². The van der Waals surface area contributed by atoms with E-state index in [2.05, 4.69) is 47.9 Å². The Morgan fingerprint density at radius 1 is 1.10 bits per heavy atom. The maximum atomic E-state index is 11.8. The highest BCUT2D eigenvalue weighted by Crippen LogP contribution is 2.43. The second-order valence-corrected chi connectivity index (χ2v) is 9.90. The van der Waals surface area contributed by atoms with Gasteiger partial charge in [0.25, 0.3) is 0 Å². The molecule has 1 fully saturated rings. The van der Waals surface area contributed by atoms with Crippen molar-refractivity contribution in [2.24, 2.45) is 4.99 Å². The van der Waals surface area contributed by atoms with Crippen LogP contribution in [0.25, 0.3) is 0 Å². The molecular weight excluding hydrogens is 382 g/mol. The Morgan fingerprint density at radius 2 is 1.83 bits per heavy atom. The Bertz CT molecular complexity index is 965. The SMILES string of the molecule is CCNC(=NCc1ccc(S(C)(=O)=O)c(C)c1)NCC1(c2ccccc2)CCC1. The van der Waals surface area contributed by atoms with E-state index in [1.807, 2.05) is 19.1 Å². The minimum atomic E-state index is -3.20. The molecule has 2 N–H and O–H groups in total. The van der Waals surface area contributed by atoms with Gasteiger partial charge in [0.1, 0.15) is 0 Å². The first-order chi connectivity index (χ1) is 13.8. The molecule has 0 saturated heterocycles. The highest BCUT2D eigenvalue weighted by atomic mass is 32.2. The second-order valence-electron chi connectivity index (χ2n) is 7.92. The summed E-state index contributed by atoms with van der Waals surface area (Å²) in [6, 6.07) is 16.1. The molecule has 2 aromatic carbocycles. The molecule has 29 heavy (non-hydrogen) atoms. The quantitative estimate of drug-likeness (QED) is 0.538. The van der Waals surface area contributed by atoms with Crippen molar-refractivity contribution in [2.45, 2.75) is 50.0 Å². The first-order valence-corrected chi connectivity index (χ1v) is 12.1. The number of nitrogens with one attached hydrogen (secondary N) is 2. The maximum Gasteiger partial charge on any atom is 0.191 e. The molecule has 0 amide bonds. The van der Waals surface area contributed by atoms with Crippen molar-refractivity contribution in [3.63, 3.8) is 0 Å². The van der Waals surface area contributed by atoms with Crippen LogP contribution in [0.1, 0.15) is 42.9 Å². The van der Waals surface area contributed by atoms with Gasteiger partial charge in [-0.05, 0) is 49.4 Å². The molecule has 5 nitrogen and oxygen atoms in total. The average molecular weight is 414 g/mol. The second kappa shape index (κ2) is 8.99. The fraction of sp³-hybridized carbons (Fsp3) is 0.435. The molecule has 0 spiro atoms. The van der Waals surface area contributed by atoms with Gasteiger partial charge in [0.15, 0.2) is 15.8 Å². The van der Waals surface area contributed by atoms with Crippen LogP contribution < -0.4 is 10.6 Å². The Morgan fingerprint density at radius 3 is 2.38 bits per heavy atom. The van der Waals surface area contributed by atoms with Crippen molar-refractivity contribution in [3.8, 4) is 0 Å². The highest BCUT2D eigenvalue weighted by molar-refractivity contribution is 7.90. The van der Waals surface area contributed by atoms with Crippen LogP contribution in [0.4, 0.5) is 0 Å². The summed E-state index contributed by atoms with van der Waals surface area (Å²) in [5, 5.41) is 6.84. The molecular formula is C23H31N3O2S. The van der Waals surface area contributed by atoms with Crippen LogP contribution in [-0.4, -0.2) is 33.7 Å². The van der Waals surface area contributed by atoms with Crippen molar-refractivity contribution >= 4 is 15.8 Å². The van der Waals surface area contributed by atoms with E-state index >= 15 is 0 Å². The van der Waals surface area contributed by atoms with E-state index in [0.717, 1.165) is 30.2 Å². The van der Waals surface area contributed by atoms with E-state index < -0.39 is 9.84 Å². The van der Waals surface area contributed by atoms with Crippen LogP contribution in [0.5, 0.6) is 0 Å². The number of hydrogen-bond acceptors (Lipinski definition) is 3. The zero-order chi connectivity index (χ0) is 20.9. The van der Waals surface area contributed by atoms with Gasteiger partial charge in [0, 0.05) is 24.8 Å². The van der Waals surface area contributed by atoms with Gasteiger partial charge in [-0.25, -0.2) is 13.4 Å². The molecule has 6 heteroatoms. The largest absolute Gasteiger partial charge is 0.357 e. The Balaban J connectivity index is 1.70. The zero-order valence-electron chi connectivity index (χ0n) is 17.5. The number of rotatable bonds is 7. The van der Waals surface area contributed by atoms with Crippen molar-refractivity contribution in [3.05, 3.63) is 65.2 Å². The summed E-state index contributed by atoms with van der Waals surface area (Å²) < 4.78 is 23.6. The van der Waals surface area contributed by atoms with E-state index in [1.165, 1.54) is 31.1 Å². The summed E-state index contributed by atoms with van der Waals surface area (Å²) in [5.74, 6) is 0.791. The molecule has 0 unspecified atom stereocenters. The van der Waals surface area contributed by atoms with Gasteiger partial charge in [-0.15, -0.1) is 0 Å². The van der Waals surface area contributed by atoms with Gasteiger partial charge in [-0.1, -0.05) is 48.9 Å². The number of aryl methyl sites for hydroxylation is 1. The van der Waals surface area contributed by atoms with Crippen LogP contribution in [0.3, 0.4) is 0 Å². The zero-order valence-corrected chi connectivity index (χ0v) is 18.3. The van der Waals surface area contributed by atoms with E-state index in [-0.39, 0.29) is 5.41 Å². The molecule has 0 aromatic heterocycles. The number of guanidine groups is 1. The molecule has 1 aliphatic carbocycles. The van der Waals surface area contributed by atoms with Gasteiger partial charge >= 0.3 is 0 Å². The van der Waals surface area contributed by atoms with E-state index in [0.29, 0.717) is 11.4 Å². The molecule has 3 rings (SSSR count). The van der Waals surface area contributed by atoms with E-state index in [4.69, 9.17) is 4.99 Å². The number of aliphatic imine (C=N–C) groups is 1. The number of hydrogen-bond donors (Lipinski definition) is 2. The van der Waals surface area contributed by atoms with E-state index in [1.54, 1.807) is 6.07 Å². The van der Waals surface area contributed by atoms with Crippen LogP contribution >= 0.6 is 0 Å². The third kappa shape index (κ3) is 5.18. The monoisotopic (exact) mass is 413 g/mol. The Kier molecular flexibility index (Phi) is 6.63. The standard InChI is InChI=1S/C23H31N3O2S/c1-4-24-22(25-16-19-11-12-21(18(2)15-19)29(3,27)28)26-17-23(13-8-14-23)20-9-6-5-7-10-20/h5-7,9-12,15H,4,8,13-14,16-17H2,1-3H3,(H2,24,25,26). The minimum absolute atomic E-state index is 0.186. The lowest BCUT2D eigenvalue weighted by Gasteiger charge is -2.43. The minimum Gasteiger partial charge on any atom is -0.357 e. The molecule has 1 aliphatic rings. The van der Waals surface area contributed by atoms with Gasteiger partial charge in [-0.3, -0.25) is 0 Å². The molecule has 156 valence electrons. The number of benzene rings is 2. The Hall–Kier alpha value is -2.34. The highest BCUT2D eigenvalue weighted by Gasteiger charge is 2.38. The van der Waals surface area contributed by atoms with Crippen LogP contribution in [0, 0.1) is 6.92 Å². The molecule has 0 radical (unpaired) electrons. The fourth-order valence-corrected chi connectivity index (χ4v) is 4.91. The van der Waals surface area contributed by atoms with Crippen molar-refractivity contribution in [1.29, 1.82) is 0 Å². The fourth-order valence-electron chi connectivity index (χ4n) is 3.95. The summed E-state index contributed by atoms with van der Waals surface area (Å²) in [6.45, 7) is 6.02. The van der Waals surface area contributed by atoms with Crippen LogP contribution in [0.15, 0.2) is 58.4 Å². The first-order valence-electron chi connectivity index (χ1n) is 10.2. The predicted molar refractivity (Wildman–Crippen MR) is 119 cm³/mol. The summed E-state index contributed by atoms with van der Waals surface area (Å²) in [5.41, 5.74) is 3.33. The first kappa shape index (κ1) is 21.4. The predicted octanol–water partition coefficient (Wildman–Crippen LogP) is 3.58. The lowest BCUT2D eigenvalue weighted by molar-refractivity contribution is 0.244. The topological polar surface area (TPSA) is 70.6 Å². The Labute approximate surface area is 174 Å². The maximum absolute atomic E-state index is 11.8. The lowest BCUT2D eigenvalue weighted by atomic mass is 9.64. The van der Waals surface area contributed by atoms with Crippen LogP contribution in [0.2, 0.25) is 0 Å². The van der Waals surface area contributed by atoms with Crippen LogP contribution in [-0.2, 0) is 21.8 Å².